The van der Waals surface area contributed by atoms with Crippen molar-refractivity contribution in [2.24, 2.45) is 10.9 Å². The number of carbonyl (C=O) groups excluding carboxylic acids is 2. The number of aromatic nitrogens is 1. The lowest BCUT2D eigenvalue weighted by Gasteiger charge is -2.40. The number of amidine groups is 1. The Morgan fingerprint density at radius 3 is 2.47 bits per heavy atom. The zero-order valence-electron chi connectivity index (χ0n) is 30.1. The van der Waals surface area contributed by atoms with Crippen LogP contribution in [0.25, 0.3) is 0 Å². The summed E-state index contributed by atoms with van der Waals surface area (Å²) in [5, 5.41) is 14.3. The predicted molar refractivity (Wildman–Crippen MR) is 194 cm³/mol. The number of hydrogen-bond acceptors (Lipinski definition) is 13. The summed E-state index contributed by atoms with van der Waals surface area (Å²) >= 11 is 1.35. The number of ether oxygens (including phenoxy) is 3. The molecule has 3 aliphatic heterocycles. The van der Waals surface area contributed by atoms with Gasteiger partial charge in [-0.2, -0.15) is 5.26 Å². The van der Waals surface area contributed by atoms with E-state index in [0.29, 0.717) is 71.8 Å². The maximum Gasteiger partial charge on any atom is 0.410 e. The highest BCUT2D eigenvalue weighted by molar-refractivity contribution is 7.16. The first-order chi connectivity index (χ1) is 24.3. The summed E-state index contributed by atoms with van der Waals surface area (Å²) in [7, 11) is 0. The summed E-state index contributed by atoms with van der Waals surface area (Å²) < 4.78 is 17.6. The summed E-state index contributed by atoms with van der Waals surface area (Å²) in [5.41, 5.74) is 12.3. The number of amides is 1. The van der Waals surface area contributed by atoms with Crippen LogP contribution >= 0.6 is 11.3 Å². The van der Waals surface area contributed by atoms with Gasteiger partial charge in [0.15, 0.2) is 5.84 Å². The summed E-state index contributed by atoms with van der Waals surface area (Å²) in [6.07, 6.45) is 4.80. The van der Waals surface area contributed by atoms with Gasteiger partial charge in [-0.3, -0.25) is 4.90 Å². The molecule has 0 bridgehead atoms. The van der Waals surface area contributed by atoms with Gasteiger partial charge in [-0.15, -0.1) is 11.3 Å². The molecule has 2 aromatic heterocycles. The van der Waals surface area contributed by atoms with E-state index in [9.17, 15) is 14.9 Å². The Balaban J connectivity index is 1.19. The third-order valence-electron chi connectivity index (χ3n) is 10.2. The van der Waals surface area contributed by atoms with Crippen molar-refractivity contribution in [3.8, 4) is 11.8 Å². The Morgan fingerprint density at radius 1 is 1.10 bits per heavy atom. The van der Waals surface area contributed by atoms with E-state index < -0.39 is 17.0 Å². The monoisotopic (exact) mass is 722 g/mol. The second-order valence-electron chi connectivity index (χ2n) is 15.0. The molecule has 15 heteroatoms. The molecular weight excluding hydrogens is 673 g/mol. The van der Waals surface area contributed by atoms with E-state index >= 15 is 0 Å². The minimum atomic E-state index is -1.08. The zero-order chi connectivity index (χ0) is 36.3. The molecule has 4 aliphatic rings. The summed E-state index contributed by atoms with van der Waals surface area (Å²) in [6, 6.07) is 6.30. The van der Waals surface area contributed by atoms with Crippen LogP contribution in [0.3, 0.4) is 0 Å². The summed E-state index contributed by atoms with van der Waals surface area (Å²) in [4.78, 5) is 44.0. The van der Waals surface area contributed by atoms with Crippen LogP contribution in [0.5, 0.6) is 5.75 Å². The van der Waals surface area contributed by atoms with Gasteiger partial charge in [0.25, 0.3) is 0 Å². The van der Waals surface area contributed by atoms with Crippen molar-refractivity contribution in [1.29, 1.82) is 5.26 Å². The first-order valence-corrected chi connectivity index (χ1v) is 18.8. The number of nitrogens with zero attached hydrogens (tertiary/aromatic N) is 6. The van der Waals surface area contributed by atoms with E-state index in [4.69, 9.17) is 35.5 Å². The Morgan fingerprint density at radius 2 is 1.80 bits per heavy atom. The summed E-state index contributed by atoms with van der Waals surface area (Å²) in [6.45, 7) is 13.4. The standard InChI is InChI=1S/C36H50N8O6S/c1-35(2,3)49-34(46)44-14-9-24(10-15-44)48-25-20-27(40-29(21-25)43-12-7-23(8-13-43)42-16-18-47-19-17-42)31(38)41-50-33(45)36(4)11-5-6-28-30(36)26(22-37)32(39)51-28/h20-21,23-24H,5-19,39H2,1-4H3,(H2,38,41). The number of fused-ring (bicyclic) bond motifs is 1. The number of oxime groups is 1. The van der Waals surface area contributed by atoms with Crippen molar-refractivity contribution in [3.05, 3.63) is 33.8 Å². The van der Waals surface area contributed by atoms with Crippen LogP contribution in [-0.4, -0.2) is 103 Å². The molecule has 0 radical (unpaired) electrons. The number of nitrogen functional groups attached to an aromatic ring is 1. The number of morpholine rings is 1. The van der Waals surface area contributed by atoms with Gasteiger partial charge in [0.2, 0.25) is 0 Å². The molecule has 6 rings (SSSR count). The number of hydrogen-bond donors (Lipinski definition) is 2. The molecule has 276 valence electrons. The maximum atomic E-state index is 13.6. The highest BCUT2D eigenvalue weighted by Gasteiger charge is 2.45. The van der Waals surface area contributed by atoms with Gasteiger partial charge in [-0.05, 0) is 59.8 Å². The van der Waals surface area contributed by atoms with Crippen LogP contribution in [0.2, 0.25) is 0 Å². The molecule has 0 saturated carbocycles. The van der Waals surface area contributed by atoms with Crippen LogP contribution in [-0.2, 0) is 30.9 Å². The molecule has 0 spiro atoms. The van der Waals surface area contributed by atoms with Gasteiger partial charge in [0.05, 0.1) is 24.2 Å². The zero-order valence-corrected chi connectivity index (χ0v) is 30.9. The molecule has 2 aromatic rings. The van der Waals surface area contributed by atoms with Crippen molar-refractivity contribution in [2.45, 2.75) is 95.8 Å². The number of likely N-dealkylation sites (tertiary alicyclic amines) is 1. The molecule has 1 aliphatic carbocycles. The molecule has 5 heterocycles. The molecule has 4 N–H and O–H groups in total. The van der Waals surface area contributed by atoms with Gasteiger partial charge in [0.1, 0.15) is 40.0 Å². The Labute approximate surface area is 303 Å². The molecule has 1 atom stereocenters. The second kappa shape index (κ2) is 15.2. The number of nitriles is 1. The smallest absolute Gasteiger partial charge is 0.410 e. The van der Waals surface area contributed by atoms with Crippen molar-refractivity contribution >= 4 is 40.1 Å². The Kier molecular flexibility index (Phi) is 10.9. The highest BCUT2D eigenvalue weighted by Crippen LogP contribution is 2.46. The number of anilines is 2. The van der Waals surface area contributed by atoms with Crippen LogP contribution in [0.1, 0.15) is 87.9 Å². The van der Waals surface area contributed by atoms with E-state index in [1.165, 1.54) is 11.3 Å². The lowest BCUT2D eigenvalue weighted by Crippen LogP contribution is -2.49. The first kappa shape index (κ1) is 36.7. The van der Waals surface area contributed by atoms with Crippen LogP contribution < -0.4 is 21.1 Å². The predicted octanol–water partition coefficient (Wildman–Crippen LogP) is 4.13. The normalized spacial score (nSPS) is 22.6. The van der Waals surface area contributed by atoms with Crippen LogP contribution in [0, 0.1) is 11.3 Å². The van der Waals surface area contributed by atoms with E-state index in [1.807, 2.05) is 26.8 Å². The van der Waals surface area contributed by atoms with E-state index in [-0.39, 0.29) is 18.0 Å². The number of rotatable bonds is 7. The van der Waals surface area contributed by atoms with Gasteiger partial charge in [-0.1, -0.05) is 5.16 Å². The third-order valence-corrected chi connectivity index (χ3v) is 11.3. The van der Waals surface area contributed by atoms with E-state index in [2.05, 4.69) is 21.0 Å². The molecule has 3 saturated heterocycles. The lowest BCUT2D eigenvalue weighted by atomic mass is 9.72. The van der Waals surface area contributed by atoms with E-state index in [0.717, 1.165) is 70.0 Å². The number of carbonyl (C=O) groups is 2. The number of nitrogens with two attached hydrogens (primary N) is 2. The fraction of sp³-hybridized carbons (Fsp3) is 0.639. The average molecular weight is 723 g/mol. The fourth-order valence-electron chi connectivity index (χ4n) is 7.47. The van der Waals surface area contributed by atoms with Crippen LogP contribution in [0.4, 0.5) is 15.6 Å². The molecule has 1 unspecified atom stereocenters. The molecule has 51 heavy (non-hydrogen) atoms. The molecule has 3 fully saturated rings. The largest absolute Gasteiger partial charge is 0.490 e. The fourth-order valence-corrected chi connectivity index (χ4v) is 8.66. The lowest BCUT2D eigenvalue weighted by molar-refractivity contribution is -0.150. The number of piperidine rings is 2. The van der Waals surface area contributed by atoms with Crippen molar-refractivity contribution in [2.75, 3.05) is 63.1 Å². The van der Waals surface area contributed by atoms with Gasteiger partial charge >= 0.3 is 12.1 Å². The molecule has 0 aromatic carbocycles. The second-order valence-corrected chi connectivity index (χ2v) is 16.1. The molecule has 1 amide bonds. The van der Waals surface area contributed by atoms with Gasteiger partial charge in [-0.25, -0.2) is 14.6 Å². The average Bonchev–Trinajstić information content (AvgIpc) is 3.46. The SMILES string of the molecule is CC(C)(C)OC(=O)N1CCC(Oc2cc(/C(N)=N/OC(=O)C3(C)CCCc4sc(N)c(C#N)c43)nc(N3CCC(N4CCOCC4)CC3)c2)CC1. The van der Waals surface area contributed by atoms with Crippen molar-refractivity contribution < 1.29 is 28.6 Å². The van der Waals surface area contributed by atoms with Crippen molar-refractivity contribution in [1.82, 2.24) is 14.8 Å². The third kappa shape index (κ3) is 8.34. The van der Waals surface area contributed by atoms with Gasteiger partial charge < -0.3 is 40.3 Å². The molecular formula is C36H50N8O6S. The van der Waals surface area contributed by atoms with Gasteiger partial charge in [0, 0.05) is 80.7 Å². The quantitative estimate of drug-likeness (QED) is 0.181. The maximum absolute atomic E-state index is 13.6. The highest BCUT2D eigenvalue weighted by atomic mass is 32.1. The topological polar surface area (TPSA) is 182 Å². The number of thiophene rings is 1. The number of pyridine rings is 1. The Bertz CT molecular complexity index is 1660. The van der Waals surface area contributed by atoms with E-state index in [1.54, 1.807) is 17.9 Å². The first-order valence-electron chi connectivity index (χ1n) is 17.9. The Hall–Kier alpha value is -4.13. The van der Waals surface area contributed by atoms with Crippen LogP contribution in [0.15, 0.2) is 17.3 Å². The van der Waals surface area contributed by atoms with Crippen molar-refractivity contribution in [3.63, 3.8) is 0 Å². The molecule has 14 nitrogen and oxygen atoms in total. The minimum absolute atomic E-state index is 0.0667. The minimum Gasteiger partial charge on any atom is -0.490 e. The summed E-state index contributed by atoms with van der Waals surface area (Å²) in [5.74, 6) is 0.606. The number of aryl methyl sites for hydroxylation is 1.